The van der Waals surface area contributed by atoms with Crippen LogP contribution in [0, 0.1) is 0 Å². The molecular formula is C15H15N3O2S3. The van der Waals surface area contributed by atoms with Gasteiger partial charge >= 0.3 is 0 Å². The smallest absolute Gasteiger partial charge is 0.260 e. The summed E-state index contributed by atoms with van der Waals surface area (Å²) < 4.78 is 0. The molecule has 0 atom stereocenters. The second kappa shape index (κ2) is 7.29. The molecule has 3 rings (SSSR count). The van der Waals surface area contributed by atoms with E-state index >= 15 is 0 Å². The number of fused-ring (bicyclic) bond motifs is 1. The molecule has 3 aromatic heterocycles. The quantitative estimate of drug-likeness (QED) is 0.519. The van der Waals surface area contributed by atoms with Gasteiger partial charge in [-0.05, 0) is 17.9 Å². The molecule has 2 N–H and O–H groups in total. The largest absolute Gasteiger partial charge is 0.355 e. The Kier molecular flexibility index (Phi) is 5.14. The molecule has 0 aromatic carbocycles. The standard InChI is InChI=1S/C15H15N3O2S3/c1-2-5-16-11(19)8-23-15-17-13(20)12-9(7-22-14(12)18-15)10-4-3-6-21-10/h3-4,6-7H,2,5,8H2,1H3,(H,16,19)(H,17,18,20). The second-order valence-electron chi connectivity index (χ2n) is 4.82. The van der Waals surface area contributed by atoms with Crippen LogP contribution in [0.5, 0.6) is 0 Å². The Bertz CT molecular complexity index is 868. The first-order valence-corrected chi connectivity index (χ1v) is 9.88. The summed E-state index contributed by atoms with van der Waals surface area (Å²) in [6.45, 7) is 2.67. The molecule has 5 nitrogen and oxygen atoms in total. The summed E-state index contributed by atoms with van der Waals surface area (Å²) in [5, 5.41) is 7.85. The maximum atomic E-state index is 12.4. The number of hydrogen-bond acceptors (Lipinski definition) is 6. The van der Waals surface area contributed by atoms with E-state index < -0.39 is 0 Å². The zero-order valence-corrected chi connectivity index (χ0v) is 14.9. The number of carbonyl (C=O) groups excluding carboxylic acids is 1. The Labute approximate surface area is 145 Å². The van der Waals surface area contributed by atoms with Crippen molar-refractivity contribution in [3.8, 4) is 10.4 Å². The minimum absolute atomic E-state index is 0.0509. The Hall–Kier alpha value is -1.64. The molecule has 0 saturated carbocycles. The van der Waals surface area contributed by atoms with Crippen molar-refractivity contribution in [2.75, 3.05) is 12.3 Å². The topological polar surface area (TPSA) is 74.8 Å². The molecule has 0 radical (unpaired) electrons. The summed E-state index contributed by atoms with van der Waals surface area (Å²) in [6, 6.07) is 3.95. The van der Waals surface area contributed by atoms with E-state index in [-0.39, 0.29) is 17.2 Å². The summed E-state index contributed by atoms with van der Waals surface area (Å²) in [5.74, 6) is 0.197. The third-order valence-corrected chi connectivity index (χ3v) is 5.77. The zero-order chi connectivity index (χ0) is 16.2. The van der Waals surface area contributed by atoms with Crippen molar-refractivity contribution in [1.29, 1.82) is 0 Å². The molecule has 0 saturated heterocycles. The van der Waals surface area contributed by atoms with Gasteiger partial charge in [0, 0.05) is 22.4 Å². The Morgan fingerprint density at radius 2 is 2.30 bits per heavy atom. The van der Waals surface area contributed by atoms with Crippen LogP contribution in [-0.2, 0) is 4.79 Å². The van der Waals surface area contributed by atoms with Crippen molar-refractivity contribution >= 4 is 50.6 Å². The van der Waals surface area contributed by atoms with E-state index in [1.165, 1.54) is 23.1 Å². The van der Waals surface area contributed by atoms with Gasteiger partial charge in [0.15, 0.2) is 5.16 Å². The van der Waals surface area contributed by atoms with Crippen LogP contribution in [0.2, 0.25) is 0 Å². The van der Waals surface area contributed by atoms with Crippen LogP contribution in [0.3, 0.4) is 0 Å². The minimum Gasteiger partial charge on any atom is -0.355 e. The van der Waals surface area contributed by atoms with Gasteiger partial charge in [-0.3, -0.25) is 9.59 Å². The van der Waals surface area contributed by atoms with Gasteiger partial charge in [-0.2, -0.15) is 0 Å². The summed E-state index contributed by atoms with van der Waals surface area (Å²) in [5.41, 5.74) is 0.766. The van der Waals surface area contributed by atoms with Gasteiger partial charge in [0.1, 0.15) is 4.83 Å². The van der Waals surface area contributed by atoms with Gasteiger partial charge in [-0.1, -0.05) is 24.8 Å². The van der Waals surface area contributed by atoms with Gasteiger partial charge in [0.25, 0.3) is 5.56 Å². The number of nitrogens with zero attached hydrogens (tertiary/aromatic N) is 1. The van der Waals surface area contributed by atoms with E-state index in [0.717, 1.165) is 16.9 Å². The van der Waals surface area contributed by atoms with Gasteiger partial charge in [-0.25, -0.2) is 4.98 Å². The van der Waals surface area contributed by atoms with Crippen LogP contribution in [0.25, 0.3) is 20.7 Å². The maximum Gasteiger partial charge on any atom is 0.260 e. The number of thiophene rings is 2. The van der Waals surface area contributed by atoms with E-state index in [1.807, 2.05) is 29.8 Å². The fraction of sp³-hybridized carbons (Fsp3) is 0.267. The van der Waals surface area contributed by atoms with Crippen molar-refractivity contribution < 1.29 is 4.79 Å². The number of carbonyl (C=O) groups is 1. The number of thioether (sulfide) groups is 1. The first-order valence-electron chi connectivity index (χ1n) is 7.14. The first kappa shape index (κ1) is 16.2. The molecule has 0 bridgehead atoms. The van der Waals surface area contributed by atoms with E-state index in [1.54, 1.807) is 11.3 Å². The normalized spacial score (nSPS) is 11.0. The van der Waals surface area contributed by atoms with Crippen molar-refractivity contribution in [2.45, 2.75) is 18.5 Å². The lowest BCUT2D eigenvalue weighted by molar-refractivity contribution is -0.118. The zero-order valence-electron chi connectivity index (χ0n) is 12.4. The molecule has 3 heterocycles. The lowest BCUT2D eigenvalue weighted by atomic mass is 10.2. The highest BCUT2D eigenvalue weighted by molar-refractivity contribution is 7.99. The molecule has 3 aromatic rings. The van der Waals surface area contributed by atoms with Gasteiger partial charge < -0.3 is 10.3 Å². The molecule has 120 valence electrons. The first-order chi connectivity index (χ1) is 11.2. The minimum atomic E-state index is -0.156. The average Bonchev–Trinajstić information content (AvgIpc) is 3.19. The van der Waals surface area contributed by atoms with Crippen LogP contribution >= 0.6 is 34.4 Å². The lowest BCUT2D eigenvalue weighted by Gasteiger charge is -2.03. The fourth-order valence-corrected chi connectivity index (χ4v) is 4.57. The van der Waals surface area contributed by atoms with Gasteiger partial charge in [-0.15, -0.1) is 22.7 Å². The Morgan fingerprint density at radius 1 is 1.43 bits per heavy atom. The number of H-pyrrole nitrogens is 1. The van der Waals surface area contributed by atoms with Crippen molar-refractivity contribution in [3.05, 3.63) is 33.2 Å². The third kappa shape index (κ3) is 3.65. The summed E-state index contributed by atoms with van der Waals surface area (Å²) >= 11 is 4.29. The second-order valence-corrected chi connectivity index (χ2v) is 7.59. The highest BCUT2D eigenvalue weighted by atomic mass is 32.2. The number of hydrogen-bond donors (Lipinski definition) is 2. The molecule has 1 amide bonds. The van der Waals surface area contributed by atoms with Crippen LogP contribution < -0.4 is 10.9 Å². The van der Waals surface area contributed by atoms with Crippen molar-refractivity contribution in [2.24, 2.45) is 0 Å². The van der Waals surface area contributed by atoms with Crippen molar-refractivity contribution in [3.63, 3.8) is 0 Å². The number of amides is 1. The maximum absolute atomic E-state index is 12.4. The SMILES string of the molecule is CCCNC(=O)CSc1nc2scc(-c3cccs3)c2c(=O)[nH]1. The monoisotopic (exact) mass is 365 g/mol. The number of nitrogens with one attached hydrogen (secondary N) is 2. The van der Waals surface area contributed by atoms with Crippen LogP contribution in [-0.4, -0.2) is 28.2 Å². The molecule has 0 unspecified atom stereocenters. The highest BCUT2D eigenvalue weighted by Gasteiger charge is 2.14. The van der Waals surface area contributed by atoms with Crippen LogP contribution in [0.15, 0.2) is 32.8 Å². The molecule has 8 heteroatoms. The summed E-state index contributed by atoms with van der Waals surface area (Å²) in [7, 11) is 0. The lowest BCUT2D eigenvalue weighted by Crippen LogP contribution is -2.25. The predicted molar refractivity (Wildman–Crippen MR) is 97.6 cm³/mol. The van der Waals surface area contributed by atoms with Gasteiger partial charge in [0.05, 0.1) is 11.1 Å². The summed E-state index contributed by atoms with van der Waals surface area (Å²) in [6.07, 6.45) is 0.901. The van der Waals surface area contributed by atoms with Gasteiger partial charge in [0.2, 0.25) is 5.91 Å². The molecule has 0 fully saturated rings. The number of rotatable bonds is 6. The molecule has 0 aliphatic heterocycles. The Balaban J connectivity index is 1.83. The third-order valence-electron chi connectivity index (χ3n) is 3.12. The predicted octanol–water partition coefficient (Wildman–Crippen LogP) is 3.33. The van der Waals surface area contributed by atoms with E-state index in [0.29, 0.717) is 21.9 Å². The van der Waals surface area contributed by atoms with Crippen LogP contribution in [0.1, 0.15) is 13.3 Å². The summed E-state index contributed by atoms with van der Waals surface area (Å²) in [4.78, 5) is 33.0. The van der Waals surface area contributed by atoms with E-state index in [4.69, 9.17) is 0 Å². The number of aromatic nitrogens is 2. The molecule has 0 spiro atoms. The molecule has 23 heavy (non-hydrogen) atoms. The van der Waals surface area contributed by atoms with E-state index in [9.17, 15) is 9.59 Å². The van der Waals surface area contributed by atoms with Crippen LogP contribution in [0.4, 0.5) is 0 Å². The fourth-order valence-electron chi connectivity index (χ4n) is 2.06. The Morgan fingerprint density at radius 3 is 3.04 bits per heavy atom. The highest BCUT2D eigenvalue weighted by Crippen LogP contribution is 2.33. The van der Waals surface area contributed by atoms with Crippen molar-refractivity contribution in [1.82, 2.24) is 15.3 Å². The van der Waals surface area contributed by atoms with E-state index in [2.05, 4.69) is 15.3 Å². The average molecular weight is 366 g/mol. The molecular weight excluding hydrogens is 350 g/mol. The molecule has 0 aliphatic carbocycles. The number of aromatic amines is 1. The molecule has 0 aliphatic rings.